The van der Waals surface area contributed by atoms with E-state index in [2.05, 4.69) is 36.3 Å². The van der Waals surface area contributed by atoms with Crippen molar-refractivity contribution in [2.45, 2.75) is 45.7 Å². The van der Waals surface area contributed by atoms with E-state index in [-0.39, 0.29) is 0 Å². The first-order valence-electron chi connectivity index (χ1n) is 5.42. The van der Waals surface area contributed by atoms with Crippen LogP contribution in [0.1, 0.15) is 36.2 Å². The highest BCUT2D eigenvalue weighted by Crippen LogP contribution is 2.18. The topological polar surface area (TPSA) is 24.9 Å². The molecule has 1 aromatic rings. The predicted octanol–water partition coefficient (Wildman–Crippen LogP) is 2.34. The maximum atomic E-state index is 4.54. The van der Waals surface area contributed by atoms with Crippen LogP contribution in [0.3, 0.4) is 0 Å². The Bertz CT molecular complexity index is 316. The van der Waals surface area contributed by atoms with Crippen LogP contribution in [0, 0.1) is 13.8 Å². The minimum absolute atomic E-state index is 0.749. The normalized spacial score (nSPS) is 16.7. The number of hydrogen-bond donors (Lipinski definition) is 1. The second-order valence-electron chi connectivity index (χ2n) is 4.21. The number of hydrogen-bond acceptors (Lipinski definition) is 2. The second-order valence-corrected chi connectivity index (χ2v) is 4.21. The first kappa shape index (κ1) is 9.66. The van der Waals surface area contributed by atoms with Gasteiger partial charge in [-0.1, -0.05) is 12.5 Å². The molecule has 1 heterocycles. The molecule has 76 valence electrons. The van der Waals surface area contributed by atoms with Crippen molar-refractivity contribution in [1.29, 1.82) is 0 Å². The Morgan fingerprint density at radius 3 is 2.71 bits per heavy atom. The molecule has 2 heteroatoms. The van der Waals surface area contributed by atoms with Gasteiger partial charge in [0.05, 0.1) is 5.69 Å². The van der Waals surface area contributed by atoms with Gasteiger partial charge in [-0.3, -0.25) is 4.98 Å². The van der Waals surface area contributed by atoms with Crippen LogP contribution in [0.4, 0.5) is 0 Å². The minimum Gasteiger partial charge on any atom is -0.308 e. The predicted molar refractivity (Wildman–Crippen MR) is 58.2 cm³/mol. The van der Waals surface area contributed by atoms with Gasteiger partial charge < -0.3 is 5.32 Å². The molecule has 0 radical (unpaired) electrons. The monoisotopic (exact) mass is 190 g/mol. The van der Waals surface area contributed by atoms with Crippen molar-refractivity contribution in [3.8, 4) is 0 Å². The standard InChI is InChI=1S/C12H18N2/c1-9-6-7-12(14-10(9)2)8-13-11-4-3-5-11/h6-7,11,13H,3-5,8H2,1-2H3. The fourth-order valence-corrected chi connectivity index (χ4v) is 1.64. The van der Waals surface area contributed by atoms with E-state index in [1.54, 1.807) is 0 Å². The van der Waals surface area contributed by atoms with Gasteiger partial charge in [-0.05, 0) is 38.3 Å². The molecule has 1 N–H and O–H groups in total. The van der Waals surface area contributed by atoms with Crippen LogP contribution in [0.15, 0.2) is 12.1 Å². The molecular formula is C12H18N2. The first-order valence-corrected chi connectivity index (χ1v) is 5.42. The van der Waals surface area contributed by atoms with Crippen LogP contribution in [-0.4, -0.2) is 11.0 Å². The lowest BCUT2D eigenvalue weighted by atomic mass is 9.93. The van der Waals surface area contributed by atoms with Crippen molar-refractivity contribution >= 4 is 0 Å². The van der Waals surface area contributed by atoms with Gasteiger partial charge in [-0.25, -0.2) is 0 Å². The van der Waals surface area contributed by atoms with Crippen molar-refractivity contribution in [3.63, 3.8) is 0 Å². The van der Waals surface area contributed by atoms with E-state index in [4.69, 9.17) is 0 Å². The van der Waals surface area contributed by atoms with Crippen LogP contribution in [0.25, 0.3) is 0 Å². The molecule has 0 spiro atoms. The SMILES string of the molecule is Cc1ccc(CNC2CCC2)nc1C. The number of rotatable bonds is 3. The lowest BCUT2D eigenvalue weighted by molar-refractivity contribution is 0.337. The fraction of sp³-hybridized carbons (Fsp3) is 0.583. The summed E-state index contributed by atoms with van der Waals surface area (Å²) < 4.78 is 0. The van der Waals surface area contributed by atoms with Crippen LogP contribution in [0.2, 0.25) is 0 Å². The van der Waals surface area contributed by atoms with Gasteiger partial charge in [-0.15, -0.1) is 0 Å². The van der Waals surface area contributed by atoms with E-state index < -0.39 is 0 Å². The summed E-state index contributed by atoms with van der Waals surface area (Å²) in [6.45, 7) is 5.10. The second kappa shape index (κ2) is 4.09. The lowest BCUT2D eigenvalue weighted by Crippen LogP contribution is -2.34. The molecule has 14 heavy (non-hydrogen) atoms. The minimum atomic E-state index is 0.749. The Labute approximate surface area is 85.7 Å². The van der Waals surface area contributed by atoms with Gasteiger partial charge in [0.25, 0.3) is 0 Å². The van der Waals surface area contributed by atoms with Crippen molar-refractivity contribution in [2.75, 3.05) is 0 Å². The number of nitrogens with one attached hydrogen (secondary N) is 1. The van der Waals surface area contributed by atoms with Crippen LogP contribution in [0.5, 0.6) is 0 Å². The van der Waals surface area contributed by atoms with Crippen molar-refractivity contribution < 1.29 is 0 Å². The van der Waals surface area contributed by atoms with Crippen LogP contribution < -0.4 is 5.32 Å². The summed E-state index contributed by atoms with van der Waals surface area (Å²) in [5.74, 6) is 0. The fourth-order valence-electron chi connectivity index (χ4n) is 1.64. The highest BCUT2D eigenvalue weighted by atomic mass is 14.9. The maximum absolute atomic E-state index is 4.54. The third-order valence-electron chi connectivity index (χ3n) is 3.08. The summed E-state index contributed by atoms with van der Waals surface area (Å²) in [6, 6.07) is 5.02. The number of aryl methyl sites for hydroxylation is 2. The van der Waals surface area contributed by atoms with Gasteiger partial charge in [-0.2, -0.15) is 0 Å². The molecular weight excluding hydrogens is 172 g/mol. The number of nitrogens with zero attached hydrogens (tertiary/aromatic N) is 1. The largest absolute Gasteiger partial charge is 0.308 e. The Hall–Kier alpha value is -0.890. The Morgan fingerprint density at radius 2 is 2.14 bits per heavy atom. The maximum Gasteiger partial charge on any atom is 0.0545 e. The summed E-state index contributed by atoms with van der Waals surface area (Å²) in [7, 11) is 0. The van der Waals surface area contributed by atoms with Crippen molar-refractivity contribution in [1.82, 2.24) is 10.3 Å². The number of pyridine rings is 1. The average molecular weight is 190 g/mol. The van der Waals surface area contributed by atoms with E-state index in [1.807, 2.05) is 0 Å². The van der Waals surface area contributed by atoms with E-state index >= 15 is 0 Å². The molecule has 0 amide bonds. The Kier molecular flexibility index (Phi) is 2.82. The third-order valence-corrected chi connectivity index (χ3v) is 3.08. The average Bonchev–Trinajstić information content (AvgIpc) is 2.08. The molecule has 1 fully saturated rings. The van der Waals surface area contributed by atoms with Gasteiger partial charge >= 0.3 is 0 Å². The van der Waals surface area contributed by atoms with Gasteiger partial charge in [0.15, 0.2) is 0 Å². The molecule has 0 saturated heterocycles. The van der Waals surface area contributed by atoms with Crippen molar-refractivity contribution in [2.24, 2.45) is 0 Å². The van der Waals surface area contributed by atoms with Crippen LogP contribution in [-0.2, 0) is 6.54 Å². The van der Waals surface area contributed by atoms with E-state index in [1.165, 1.54) is 30.5 Å². The summed E-state index contributed by atoms with van der Waals surface area (Å²) in [6.07, 6.45) is 4.06. The summed E-state index contributed by atoms with van der Waals surface area (Å²) in [4.78, 5) is 4.54. The Morgan fingerprint density at radius 1 is 1.36 bits per heavy atom. The molecule has 1 aliphatic carbocycles. The van der Waals surface area contributed by atoms with E-state index in [9.17, 15) is 0 Å². The molecule has 0 bridgehead atoms. The summed E-state index contributed by atoms with van der Waals surface area (Å²) >= 11 is 0. The lowest BCUT2D eigenvalue weighted by Gasteiger charge is -2.26. The van der Waals surface area contributed by atoms with Gasteiger partial charge in [0, 0.05) is 18.3 Å². The van der Waals surface area contributed by atoms with Gasteiger partial charge in [0.2, 0.25) is 0 Å². The first-order chi connectivity index (χ1) is 6.75. The Balaban J connectivity index is 1.91. The number of aromatic nitrogens is 1. The van der Waals surface area contributed by atoms with E-state index in [0.29, 0.717) is 0 Å². The molecule has 2 nitrogen and oxygen atoms in total. The zero-order valence-electron chi connectivity index (χ0n) is 9.01. The smallest absolute Gasteiger partial charge is 0.0545 e. The highest BCUT2D eigenvalue weighted by molar-refractivity contribution is 5.20. The van der Waals surface area contributed by atoms with Crippen molar-refractivity contribution in [3.05, 3.63) is 29.1 Å². The third kappa shape index (κ3) is 2.13. The van der Waals surface area contributed by atoms with E-state index in [0.717, 1.165) is 18.3 Å². The zero-order valence-corrected chi connectivity index (χ0v) is 9.01. The van der Waals surface area contributed by atoms with Gasteiger partial charge in [0.1, 0.15) is 0 Å². The van der Waals surface area contributed by atoms with Crippen LogP contribution >= 0.6 is 0 Å². The molecule has 0 aromatic carbocycles. The summed E-state index contributed by atoms with van der Waals surface area (Å²) in [5.41, 5.74) is 3.59. The molecule has 2 rings (SSSR count). The molecule has 1 saturated carbocycles. The molecule has 0 aliphatic heterocycles. The highest BCUT2D eigenvalue weighted by Gasteiger charge is 2.16. The molecule has 0 atom stereocenters. The quantitative estimate of drug-likeness (QED) is 0.791. The molecule has 0 unspecified atom stereocenters. The molecule has 1 aliphatic rings. The summed E-state index contributed by atoms with van der Waals surface area (Å²) in [5, 5.41) is 3.52. The molecule has 1 aromatic heterocycles. The zero-order chi connectivity index (χ0) is 9.97.